The highest BCUT2D eigenvalue weighted by Gasteiger charge is 2.32. The minimum absolute atomic E-state index is 0.120. The second-order valence-electron chi connectivity index (χ2n) is 4.58. The third-order valence-corrected chi connectivity index (χ3v) is 3.61. The lowest BCUT2D eigenvalue weighted by Gasteiger charge is -2.35. The molecule has 16 heavy (non-hydrogen) atoms. The number of amides is 1. The summed E-state index contributed by atoms with van der Waals surface area (Å²) in [4.78, 5) is 21.5. The Bertz CT molecular complexity index is 252. The molecule has 2 heterocycles. The predicted octanol–water partition coefficient (Wildman–Crippen LogP) is -0.214. The number of likely N-dealkylation sites (tertiary alicyclic amines) is 1. The number of hydroxylamine groups is 2. The van der Waals surface area contributed by atoms with Crippen molar-refractivity contribution in [2.24, 2.45) is 0 Å². The van der Waals surface area contributed by atoms with Crippen LogP contribution in [0.2, 0.25) is 0 Å². The van der Waals surface area contributed by atoms with Crippen LogP contribution < -0.4 is 0 Å². The maximum absolute atomic E-state index is 12.2. The third-order valence-electron chi connectivity index (χ3n) is 3.61. The molecule has 2 fully saturated rings. The maximum atomic E-state index is 12.2. The monoisotopic (exact) mass is 227 g/mol. The van der Waals surface area contributed by atoms with Crippen molar-refractivity contribution in [2.45, 2.75) is 18.9 Å². The predicted molar refractivity (Wildman–Crippen MR) is 60.8 cm³/mol. The van der Waals surface area contributed by atoms with Gasteiger partial charge in [0, 0.05) is 26.2 Å². The van der Waals surface area contributed by atoms with Crippen molar-refractivity contribution in [3.63, 3.8) is 0 Å². The average molecular weight is 227 g/mol. The van der Waals surface area contributed by atoms with Crippen molar-refractivity contribution < 1.29 is 9.63 Å². The number of piperazine rings is 1. The van der Waals surface area contributed by atoms with Gasteiger partial charge < -0.3 is 9.74 Å². The van der Waals surface area contributed by atoms with E-state index in [1.165, 1.54) is 0 Å². The van der Waals surface area contributed by atoms with Gasteiger partial charge in [0.05, 0.1) is 13.2 Å². The number of hydrogen-bond donors (Lipinski definition) is 0. The molecule has 0 N–H and O–H groups in total. The second kappa shape index (κ2) is 5.12. The summed E-state index contributed by atoms with van der Waals surface area (Å²) >= 11 is 0. The molecule has 0 aromatic carbocycles. The zero-order valence-electron chi connectivity index (χ0n) is 10.2. The molecule has 0 bridgehead atoms. The molecule has 5 heteroatoms. The van der Waals surface area contributed by atoms with Gasteiger partial charge in [-0.1, -0.05) is 0 Å². The van der Waals surface area contributed by atoms with Crippen molar-refractivity contribution in [2.75, 3.05) is 46.9 Å². The van der Waals surface area contributed by atoms with E-state index >= 15 is 0 Å². The Morgan fingerprint density at radius 1 is 1.19 bits per heavy atom. The highest BCUT2D eigenvalue weighted by molar-refractivity contribution is 5.82. The lowest BCUT2D eigenvalue weighted by molar-refractivity contribution is -0.163. The van der Waals surface area contributed by atoms with E-state index in [2.05, 4.69) is 4.90 Å². The fourth-order valence-electron chi connectivity index (χ4n) is 2.52. The summed E-state index contributed by atoms with van der Waals surface area (Å²) in [6.07, 6.45) is 2.16. The Morgan fingerprint density at radius 3 is 2.38 bits per heavy atom. The van der Waals surface area contributed by atoms with Gasteiger partial charge >= 0.3 is 0 Å². The minimum Gasteiger partial charge on any atom is -0.339 e. The molecule has 1 atom stereocenters. The second-order valence-corrected chi connectivity index (χ2v) is 4.58. The first kappa shape index (κ1) is 11.8. The van der Waals surface area contributed by atoms with Gasteiger partial charge in [0.15, 0.2) is 0 Å². The summed E-state index contributed by atoms with van der Waals surface area (Å²) in [7, 11) is 3.73. The van der Waals surface area contributed by atoms with E-state index < -0.39 is 0 Å². The molecule has 2 aliphatic rings. The highest BCUT2D eigenvalue weighted by Crippen LogP contribution is 2.17. The molecule has 2 aliphatic heterocycles. The molecule has 0 radical (unpaired) electrons. The van der Waals surface area contributed by atoms with Crippen LogP contribution in [-0.2, 0) is 9.63 Å². The van der Waals surface area contributed by atoms with Gasteiger partial charge in [-0.3, -0.25) is 9.69 Å². The number of nitrogens with zero attached hydrogens (tertiary/aromatic N) is 3. The van der Waals surface area contributed by atoms with Gasteiger partial charge in [-0.2, -0.15) is 5.06 Å². The van der Waals surface area contributed by atoms with Crippen molar-refractivity contribution in [1.82, 2.24) is 14.9 Å². The normalized spacial score (nSPS) is 28.6. The fraction of sp³-hybridized carbons (Fsp3) is 0.909. The van der Waals surface area contributed by atoms with Crippen molar-refractivity contribution in [1.29, 1.82) is 0 Å². The van der Waals surface area contributed by atoms with E-state index in [0.717, 1.165) is 45.6 Å². The van der Waals surface area contributed by atoms with E-state index in [0.29, 0.717) is 5.91 Å². The van der Waals surface area contributed by atoms with Crippen LogP contribution in [0.1, 0.15) is 12.8 Å². The Labute approximate surface area is 96.9 Å². The number of hydrogen-bond acceptors (Lipinski definition) is 4. The molecule has 2 saturated heterocycles. The molecular weight excluding hydrogens is 206 g/mol. The van der Waals surface area contributed by atoms with E-state index in [4.69, 9.17) is 4.84 Å². The zero-order valence-corrected chi connectivity index (χ0v) is 10.2. The topological polar surface area (TPSA) is 36.0 Å². The smallest absolute Gasteiger partial charge is 0.240 e. The van der Waals surface area contributed by atoms with Gasteiger partial charge in [-0.15, -0.1) is 0 Å². The summed E-state index contributed by atoms with van der Waals surface area (Å²) < 4.78 is 0. The van der Waals surface area contributed by atoms with Crippen LogP contribution in [0.4, 0.5) is 0 Å². The quantitative estimate of drug-likeness (QED) is 0.654. The van der Waals surface area contributed by atoms with Crippen molar-refractivity contribution in [3.05, 3.63) is 0 Å². The summed E-state index contributed by atoms with van der Waals surface area (Å²) in [6, 6.07) is 0.120. The van der Waals surface area contributed by atoms with Gasteiger partial charge in [0.2, 0.25) is 5.91 Å². The first-order chi connectivity index (χ1) is 7.72. The Morgan fingerprint density at radius 2 is 1.88 bits per heavy atom. The maximum Gasteiger partial charge on any atom is 0.240 e. The molecule has 92 valence electrons. The van der Waals surface area contributed by atoms with Crippen LogP contribution in [0.3, 0.4) is 0 Å². The summed E-state index contributed by atoms with van der Waals surface area (Å²) in [5.74, 6) is 0.302. The molecule has 0 spiro atoms. The molecule has 1 unspecified atom stereocenters. The fourth-order valence-corrected chi connectivity index (χ4v) is 2.52. The SMILES string of the molecule is CON1CCN(C(=O)C2CCCN2C)CC1. The van der Waals surface area contributed by atoms with E-state index in [9.17, 15) is 4.79 Å². The molecule has 2 rings (SSSR count). The van der Waals surface area contributed by atoms with Gasteiger partial charge in [-0.25, -0.2) is 0 Å². The summed E-state index contributed by atoms with van der Waals surface area (Å²) in [5, 5.41) is 1.90. The van der Waals surface area contributed by atoms with Crippen LogP contribution in [0.25, 0.3) is 0 Å². The molecular formula is C11H21N3O2. The molecule has 0 aromatic rings. The largest absolute Gasteiger partial charge is 0.339 e. The standard InChI is InChI=1S/C11H21N3O2/c1-12-5-3-4-10(12)11(15)13-6-8-14(16-2)9-7-13/h10H,3-9H2,1-2H3. The number of rotatable bonds is 2. The summed E-state index contributed by atoms with van der Waals surface area (Å²) in [5.41, 5.74) is 0. The number of likely N-dealkylation sites (N-methyl/N-ethyl adjacent to an activating group) is 1. The van der Waals surface area contributed by atoms with Crippen LogP contribution >= 0.6 is 0 Å². The van der Waals surface area contributed by atoms with Crippen LogP contribution in [-0.4, -0.2) is 73.7 Å². The lowest BCUT2D eigenvalue weighted by Crippen LogP contribution is -2.52. The number of carbonyl (C=O) groups is 1. The zero-order chi connectivity index (χ0) is 11.5. The molecule has 0 saturated carbocycles. The van der Waals surface area contributed by atoms with Gasteiger partial charge in [0.1, 0.15) is 0 Å². The van der Waals surface area contributed by atoms with Crippen LogP contribution in [0.15, 0.2) is 0 Å². The van der Waals surface area contributed by atoms with Crippen LogP contribution in [0, 0.1) is 0 Å². The van der Waals surface area contributed by atoms with E-state index in [-0.39, 0.29) is 6.04 Å². The first-order valence-corrected chi connectivity index (χ1v) is 6.00. The molecule has 5 nitrogen and oxygen atoms in total. The lowest BCUT2D eigenvalue weighted by atomic mass is 10.2. The van der Waals surface area contributed by atoms with Crippen molar-refractivity contribution >= 4 is 5.91 Å². The average Bonchev–Trinajstić information content (AvgIpc) is 2.75. The molecule has 1 amide bonds. The Kier molecular flexibility index (Phi) is 3.78. The molecule has 0 aromatic heterocycles. The Balaban J connectivity index is 1.86. The first-order valence-electron chi connectivity index (χ1n) is 6.00. The van der Waals surface area contributed by atoms with Crippen LogP contribution in [0.5, 0.6) is 0 Å². The minimum atomic E-state index is 0.120. The summed E-state index contributed by atoms with van der Waals surface area (Å²) in [6.45, 7) is 4.26. The van der Waals surface area contributed by atoms with Crippen molar-refractivity contribution in [3.8, 4) is 0 Å². The van der Waals surface area contributed by atoms with Gasteiger partial charge in [-0.05, 0) is 26.4 Å². The number of carbonyl (C=O) groups excluding carboxylic acids is 1. The molecule has 0 aliphatic carbocycles. The van der Waals surface area contributed by atoms with E-state index in [1.54, 1.807) is 7.11 Å². The van der Waals surface area contributed by atoms with E-state index in [1.807, 2.05) is 17.0 Å². The highest BCUT2D eigenvalue weighted by atomic mass is 16.7. The third kappa shape index (κ3) is 2.36. The van der Waals surface area contributed by atoms with Gasteiger partial charge in [0.25, 0.3) is 0 Å². The Hall–Kier alpha value is -0.650.